The van der Waals surface area contributed by atoms with Crippen molar-refractivity contribution in [2.45, 2.75) is 0 Å². The van der Waals surface area contributed by atoms with Gasteiger partial charge >= 0.3 is 0 Å². The lowest BCUT2D eigenvalue weighted by atomic mass is 10.1. The molecule has 1 fully saturated rings. The molecule has 1 unspecified atom stereocenters. The molecule has 1 aliphatic heterocycles. The number of halogens is 2. The normalized spacial score (nSPS) is 16.2. The van der Waals surface area contributed by atoms with Gasteiger partial charge in [0.2, 0.25) is 5.91 Å². The van der Waals surface area contributed by atoms with E-state index in [4.69, 9.17) is 23.2 Å². The van der Waals surface area contributed by atoms with Gasteiger partial charge in [-0.1, -0.05) is 35.3 Å². The number of nitrogens with one attached hydrogen (secondary N) is 1. The van der Waals surface area contributed by atoms with Crippen LogP contribution in [0.4, 0.5) is 17.1 Å². The third kappa shape index (κ3) is 4.04. The molecule has 6 nitrogen and oxygen atoms in total. The van der Waals surface area contributed by atoms with Crippen molar-refractivity contribution in [3.8, 4) is 0 Å². The third-order valence-corrected chi connectivity index (χ3v) is 4.98. The first-order chi connectivity index (χ1) is 14.0. The molecule has 1 N–H and O–H groups in total. The zero-order valence-corrected chi connectivity index (χ0v) is 16.6. The number of amides is 2. The number of anilines is 3. The number of hydrogen-bond acceptors (Lipinski definition) is 4. The minimum Gasteiger partial charge on any atom is -0.324 e. The number of pyridine rings is 1. The molecule has 2 aromatic carbocycles. The fourth-order valence-corrected chi connectivity index (χ4v) is 3.56. The fraction of sp³-hybridized carbons (Fsp3) is 0.0952. The monoisotopic (exact) mass is 426 g/mol. The van der Waals surface area contributed by atoms with Gasteiger partial charge in [-0.15, -0.1) is 0 Å². The van der Waals surface area contributed by atoms with Gasteiger partial charge in [0.15, 0.2) is 0 Å². The molecular formula is C21H16Cl2N4O2. The van der Waals surface area contributed by atoms with Gasteiger partial charge in [0.25, 0.3) is 5.91 Å². The number of hydrazine groups is 1. The van der Waals surface area contributed by atoms with Crippen molar-refractivity contribution in [2.75, 3.05) is 21.9 Å². The molecule has 0 aliphatic carbocycles. The SMILES string of the molecule is O=C(Nc1cccnc1)C1CN(c2cccc(Cl)c2)N(c2cccc(Cl)c2)C1=O. The maximum atomic E-state index is 13.2. The predicted molar refractivity (Wildman–Crippen MR) is 114 cm³/mol. The van der Waals surface area contributed by atoms with Crippen molar-refractivity contribution in [1.29, 1.82) is 0 Å². The van der Waals surface area contributed by atoms with E-state index >= 15 is 0 Å². The fourth-order valence-electron chi connectivity index (χ4n) is 3.19. The molecule has 1 aliphatic rings. The Morgan fingerprint density at radius 1 is 1.00 bits per heavy atom. The Morgan fingerprint density at radius 3 is 2.34 bits per heavy atom. The van der Waals surface area contributed by atoms with Crippen molar-refractivity contribution in [1.82, 2.24) is 4.98 Å². The van der Waals surface area contributed by atoms with E-state index in [2.05, 4.69) is 10.3 Å². The first-order valence-corrected chi connectivity index (χ1v) is 9.62. The highest BCUT2D eigenvalue weighted by Gasteiger charge is 2.43. The lowest BCUT2D eigenvalue weighted by Gasteiger charge is -2.29. The summed E-state index contributed by atoms with van der Waals surface area (Å²) in [5.41, 5.74) is 1.79. The zero-order chi connectivity index (χ0) is 20.4. The van der Waals surface area contributed by atoms with Gasteiger partial charge < -0.3 is 5.32 Å². The number of aromatic nitrogens is 1. The topological polar surface area (TPSA) is 65.5 Å². The summed E-state index contributed by atoms with van der Waals surface area (Å²) in [4.78, 5) is 30.1. The average Bonchev–Trinajstić information content (AvgIpc) is 3.06. The van der Waals surface area contributed by atoms with Crippen LogP contribution >= 0.6 is 23.2 Å². The quantitative estimate of drug-likeness (QED) is 0.627. The molecule has 1 atom stereocenters. The van der Waals surface area contributed by atoms with Crippen LogP contribution in [0.3, 0.4) is 0 Å². The van der Waals surface area contributed by atoms with Crippen molar-refractivity contribution < 1.29 is 9.59 Å². The molecule has 2 amide bonds. The summed E-state index contributed by atoms with van der Waals surface area (Å²) in [7, 11) is 0. The Balaban J connectivity index is 1.69. The van der Waals surface area contributed by atoms with Crippen LogP contribution in [0.2, 0.25) is 10.0 Å². The molecule has 0 spiro atoms. The van der Waals surface area contributed by atoms with Crippen LogP contribution in [-0.2, 0) is 9.59 Å². The zero-order valence-electron chi connectivity index (χ0n) is 15.1. The highest BCUT2D eigenvalue weighted by atomic mass is 35.5. The second-order valence-electron chi connectivity index (χ2n) is 6.48. The predicted octanol–water partition coefficient (Wildman–Crippen LogP) is 4.41. The summed E-state index contributed by atoms with van der Waals surface area (Å²) in [6.45, 7) is 0.164. The average molecular weight is 427 g/mol. The van der Waals surface area contributed by atoms with Crippen LogP contribution in [-0.4, -0.2) is 23.3 Å². The van der Waals surface area contributed by atoms with Crippen LogP contribution < -0.4 is 15.3 Å². The Kier molecular flexibility index (Phi) is 5.38. The molecular weight excluding hydrogens is 411 g/mol. The van der Waals surface area contributed by atoms with Crippen LogP contribution in [0.25, 0.3) is 0 Å². The van der Waals surface area contributed by atoms with Gasteiger partial charge in [0.1, 0.15) is 5.92 Å². The largest absolute Gasteiger partial charge is 0.324 e. The second-order valence-corrected chi connectivity index (χ2v) is 7.35. The molecule has 8 heteroatoms. The highest BCUT2D eigenvalue weighted by Crippen LogP contribution is 2.33. The first kappa shape index (κ1) is 19.2. The molecule has 4 rings (SSSR count). The van der Waals surface area contributed by atoms with Gasteiger partial charge in [-0.3, -0.25) is 19.6 Å². The maximum Gasteiger partial charge on any atom is 0.260 e. The van der Waals surface area contributed by atoms with Crippen molar-refractivity contribution >= 4 is 52.1 Å². The molecule has 2 heterocycles. The van der Waals surface area contributed by atoms with E-state index in [0.717, 1.165) is 0 Å². The number of hydrogen-bond donors (Lipinski definition) is 1. The Bertz CT molecular complexity index is 1060. The lowest BCUT2D eigenvalue weighted by Crippen LogP contribution is -2.39. The number of nitrogens with zero attached hydrogens (tertiary/aromatic N) is 3. The summed E-state index contributed by atoms with van der Waals surface area (Å²) in [5, 5.41) is 6.97. The Hall–Kier alpha value is -3.09. The molecule has 1 saturated heterocycles. The molecule has 0 radical (unpaired) electrons. The van der Waals surface area contributed by atoms with E-state index < -0.39 is 11.8 Å². The summed E-state index contributed by atoms with van der Waals surface area (Å²) in [5.74, 6) is -1.67. The van der Waals surface area contributed by atoms with E-state index in [-0.39, 0.29) is 12.5 Å². The summed E-state index contributed by atoms with van der Waals surface area (Å²) >= 11 is 12.3. The van der Waals surface area contributed by atoms with Crippen molar-refractivity contribution in [3.05, 3.63) is 83.1 Å². The Morgan fingerprint density at radius 2 is 1.69 bits per heavy atom. The van der Waals surface area contributed by atoms with Gasteiger partial charge in [-0.2, -0.15) is 0 Å². The van der Waals surface area contributed by atoms with Crippen LogP contribution in [0.1, 0.15) is 0 Å². The van der Waals surface area contributed by atoms with E-state index in [9.17, 15) is 9.59 Å². The molecule has 29 heavy (non-hydrogen) atoms. The smallest absolute Gasteiger partial charge is 0.260 e. The van der Waals surface area contributed by atoms with Gasteiger partial charge in [-0.05, 0) is 48.5 Å². The van der Waals surface area contributed by atoms with Crippen LogP contribution in [0.5, 0.6) is 0 Å². The number of benzene rings is 2. The third-order valence-electron chi connectivity index (χ3n) is 4.51. The van der Waals surface area contributed by atoms with Crippen molar-refractivity contribution in [2.24, 2.45) is 5.92 Å². The standard InChI is InChI=1S/C21H16Cl2N4O2/c22-14-4-1-7-17(10-14)26-13-19(20(28)25-16-6-3-9-24-12-16)21(29)27(26)18-8-2-5-15(23)11-18/h1-12,19H,13H2,(H,25,28). The number of rotatable bonds is 4. The van der Waals surface area contributed by atoms with Crippen LogP contribution in [0, 0.1) is 5.92 Å². The van der Waals surface area contributed by atoms with Crippen LogP contribution in [0.15, 0.2) is 73.1 Å². The molecule has 0 saturated carbocycles. The van der Waals surface area contributed by atoms with Gasteiger partial charge in [0, 0.05) is 16.2 Å². The lowest BCUT2D eigenvalue weighted by molar-refractivity contribution is -0.128. The molecule has 146 valence electrons. The number of carbonyl (C=O) groups is 2. The van der Waals surface area contributed by atoms with E-state index in [1.165, 1.54) is 11.2 Å². The number of carbonyl (C=O) groups excluding carboxylic acids is 2. The maximum absolute atomic E-state index is 13.2. The summed E-state index contributed by atoms with van der Waals surface area (Å²) in [6.07, 6.45) is 3.14. The Labute approximate surface area is 177 Å². The second kappa shape index (κ2) is 8.11. The molecule has 1 aromatic heterocycles. The van der Waals surface area contributed by atoms with E-state index in [1.807, 2.05) is 6.07 Å². The minimum absolute atomic E-state index is 0.164. The van der Waals surface area contributed by atoms with E-state index in [1.54, 1.807) is 65.8 Å². The van der Waals surface area contributed by atoms with Gasteiger partial charge in [0.05, 0.1) is 29.8 Å². The highest BCUT2D eigenvalue weighted by molar-refractivity contribution is 6.31. The molecule has 3 aromatic rings. The minimum atomic E-state index is -0.909. The first-order valence-electron chi connectivity index (χ1n) is 8.86. The summed E-state index contributed by atoms with van der Waals surface area (Å²) < 4.78 is 0. The van der Waals surface area contributed by atoms with E-state index in [0.29, 0.717) is 27.1 Å². The molecule has 0 bridgehead atoms. The summed E-state index contributed by atoms with van der Waals surface area (Å²) in [6, 6.07) is 17.5. The van der Waals surface area contributed by atoms with Gasteiger partial charge in [-0.25, -0.2) is 5.01 Å². The van der Waals surface area contributed by atoms with Crippen molar-refractivity contribution in [3.63, 3.8) is 0 Å².